The Bertz CT molecular complexity index is 388. The number of benzene rings is 1. The lowest BCUT2D eigenvalue weighted by Crippen LogP contribution is -2.31. The van der Waals surface area contributed by atoms with Gasteiger partial charge in [-0.1, -0.05) is 26.0 Å². The lowest BCUT2D eigenvalue weighted by atomic mass is 10.2. The summed E-state index contributed by atoms with van der Waals surface area (Å²) < 4.78 is 11.1. The number of hydrogen-bond acceptors (Lipinski definition) is 4. The molecular formula is C16H30Cl2N2O2. The van der Waals surface area contributed by atoms with Crippen LogP contribution in [0.3, 0.4) is 0 Å². The lowest BCUT2D eigenvalue weighted by molar-refractivity contribution is 0.297. The second-order valence-electron chi connectivity index (χ2n) is 4.59. The predicted octanol–water partition coefficient (Wildman–Crippen LogP) is 3.37. The number of likely N-dealkylation sites (N-methyl/N-ethyl adjacent to an activating group) is 1. The van der Waals surface area contributed by atoms with Gasteiger partial charge in [-0.05, 0) is 26.1 Å². The van der Waals surface area contributed by atoms with E-state index in [1.54, 1.807) is 7.11 Å². The summed E-state index contributed by atoms with van der Waals surface area (Å²) in [4.78, 5) is 2.40. The number of halogens is 2. The van der Waals surface area contributed by atoms with Gasteiger partial charge in [0.1, 0.15) is 0 Å². The molecule has 0 aliphatic carbocycles. The molecule has 22 heavy (non-hydrogen) atoms. The highest BCUT2D eigenvalue weighted by Crippen LogP contribution is 2.30. The molecule has 0 heterocycles. The maximum atomic E-state index is 5.70. The van der Waals surface area contributed by atoms with E-state index in [2.05, 4.69) is 30.1 Å². The second kappa shape index (κ2) is 13.9. The number of rotatable bonds is 10. The minimum atomic E-state index is 0. The molecule has 0 amide bonds. The smallest absolute Gasteiger partial charge is 0.165 e. The van der Waals surface area contributed by atoms with E-state index < -0.39 is 0 Å². The van der Waals surface area contributed by atoms with Crippen LogP contribution in [0.15, 0.2) is 18.2 Å². The summed E-state index contributed by atoms with van der Waals surface area (Å²) in [5.74, 6) is 1.66. The highest BCUT2D eigenvalue weighted by atomic mass is 35.5. The minimum absolute atomic E-state index is 0. The van der Waals surface area contributed by atoms with Gasteiger partial charge in [0.25, 0.3) is 0 Å². The number of methoxy groups -OCH3 is 1. The molecule has 0 bridgehead atoms. The van der Waals surface area contributed by atoms with Gasteiger partial charge in [-0.25, -0.2) is 0 Å². The first-order valence-electron chi connectivity index (χ1n) is 7.48. The molecule has 0 saturated heterocycles. The van der Waals surface area contributed by atoms with E-state index in [9.17, 15) is 0 Å². The Kier molecular flexibility index (Phi) is 15.0. The molecule has 130 valence electrons. The van der Waals surface area contributed by atoms with Crippen molar-refractivity contribution < 1.29 is 9.47 Å². The van der Waals surface area contributed by atoms with Gasteiger partial charge in [0, 0.05) is 25.2 Å². The third-order valence-electron chi connectivity index (χ3n) is 3.38. The molecule has 6 heteroatoms. The fraction of sp³-hybridized carbons (Fsp3) is 0.625. The summed E-state index contributed by atoms with van der Waals surface area (Å²) in [6.07, 6.45) is 0. The maximum absolute atomic E-state index is 5.70. The number of hydrogen-bond donors (Lipinski definition) is 1. The third kappa shape index (κ3) is 7.54. The standard InChI is InChI=1S/C16H28N2O2.2ClH/c1-5-18(6-2)12-11-17-13-14-9-8-10-15(19-4)16(14)20-7-3;;/h8-10,17H,5-7,11-13H2,1-4H3;2*1H. The number of ether oxygens (including phenoxy) is 2. The Morgan fingerprint density at radius 1 is 1.09 bits per heavy atom. The van der Waals surface area contributed by atoms with Crippen LogP contribution in [-0.4, -0.2) is 44.8 Å². The molecule has 0 unspecified atom stereocenters. The molecule has 0 aliphatic rings. The highest BCUT2D eigenvalue weighted by molar-refractivity contribution is 5.85. The van der Waals surface area contributed by atoms with Gasteiger partial charge >= 0.3 is 0 Å². The van der Waals surface area contributed by atoms with Crippen molar-refractivity contribution in [3.8, 4) is 11.5 Å². The molecule has 0 aromatic heterocycles. The van der Waals surface area contributed by atoms with Crippen LogP contribution >= 0.6 is 24.8 Å². The number of para-hydroxylation sites is 1. The molecule has 0 saturated carbocycles. The van der Waals surface area contributed by atoms with Crippen molar-refractivity contribution in [2.24, 2.45) is 0 Å². The summed E-state index contributed by atoms with van der Waals surface area (Å²) in [6.45, 7) is 12.1. The van der Waals surface area contributed by atoms with Gasteiger partial charge in [-0.2, -0.15) is 0 Å². The van der Waals surface area contributed by atoms with Crippen molar-refractivity contribution in [1.82, 2.24) is 10.2 Å². The molecule has 4 nitrogen and oxygen atoms in total. The monoisotopic (exact) mass is 352 g/mol. The van der Waals surface area contributed by atoms with E-state index in [1.807, 2.05) is 19.1 Å². The van der Waals surface area contributed by atoms with Gasteiger partial charge in [-0.3, -0.25) is 0 Å². The highest BCUT2D eigenvalue weighted by Gasteiger charge is 2.09. The Morgan fingerprint density at radius 2 is 1.77 bits per heavy atom. The van der Waals surface area contributed by atoms with Gasteiger partial charge in [0.2, 0.25) is 0 Å². The molecule has 0 atom stereocenters. The minimum Gasteiger partial charge on any atom is -0.493 e. The predicted molar refractivity (Wildman–Crippen MR) is 98.2 cm³/mol. The first kappa shape index (κ1) is 23.6. The van der Waals surface area contributed by atoms with Crippen LogP contribution in [0.1, 0.15) is 26.3 Å². The Hall–Kier alpha value is -0.680. The van der Waals surface area contributed by atoms with Gasteiger partial charge < -0.3 is 19.7 Å². The van der Waals surface area contributed by atoms with E-state index in [0.717, 1.165) is 49.8 Å². The zero-order valence-corrected chi connectivity index (χ0v) is 15.7. The Labute approximate surface area is 147 Å². The molecular weight excluding hydrogens is 323 g/mol. The second-order valence-corrected chi connectivity index (χ2v) is 4.59. The van der Waals surface area contributed by atoms with Gasteiger partial charge in [0.05, 0.1) is 13.7 Å². The van der Waals surface area contributed by atoms with Gasteiger partial charge in [0.15, 0.2) is 11.5 Å². The zero-order valence-electron chi connectivity index (χ0n) is 14.1. The van der Waals surface area contributed by atoms with Crippen LogP contribution in [0.2, 0.25) is 0 Å². The van der Waals surface area contributed by atoms with Crippen LogP contribution < -0.4 is 14.8 Å². The summed E-state index contributed by atoms with van der Waals surface area (Å²) in [5.41, 5.74) is 1.14. The van der Waals surface area contributed by atoms with Crippen LogP contribution in [0.25, 0.3) is 0 Å². The fourth-order valence-corrected chi connectivity index (χ4v) is 2.17. The third-order valence-corrected chi connectivity index (χ3v) is 3.38. The molecule has 0 radical (unpaired) electrons. The Morgan fingerprint density at radius 3 is 2.32 bits per heavy atom. The summed E-state index contributed by atoms with van der Waals surface area (Å²) in [6, 6.07) is 6.02. The molecule has 0 fully saturated rings. The van der Waals surface area contributed by atoms with Crippen molar-refractivity contribution in [3.05, 3.63) is 23.8 Å². The quantitative estimate of drug-likeness (QED) is 0.654. The van der Waals surface area contributed by atoms with E-state index in [4.69, 9.17) is 9.47 Å². The molecule has 1 aromatic rings. The molecule has 1 aromatic carbocycles. The summed E-state index contributed by atoms with van der Waals surface area (Å²) in [5, 5.41) is 3.47. The summed E-state index contributed by atoms with van der Waals surface area (Å²) >= 11 is 0. The van der Waals surface area contributed by atoms with Crippen LogP contribution in [0.5, 0.6) is 11.5 Å². The molecule has 0 spiro atoms. The van der Waals surface area contributed by atoms with Crippen molar-refractivity contribution in [1.29, 1.82) is 0 Å². The average molecular weight is 353 g/mol. The average Bonchev–Trinajstić information content (AvgIpc) is 2.49. The van der Waals surface area contributed by atoms with E-state index in [0.29, 0.717) is 6.61 Å². The molecule has 1 N–H and O–H groups in total. The zero-order chi connectivity index (χ0) is 14.8. The van der Waals surface area contributed by atoms with Crippen molar-refractivity contribution in [3.63, 3.8) is 0 Å². The van der Waals surface area contributed by atoms with Crippen molar-refractivity contribution >= 4 is 24.8 Å². The van der Waals surface area contributed by atoms with Crippen LogP contribution in [0.4, 0.5) is 0 Å². The first-order chi connectivity index (χ1) is 9.76. The Balaban J connectivity index is 0. The normalized spacial score (nSPS) is 9.86. The number of nitrogens with zero attached hydrogens (tertiary/aromatic N) is 1. The lowest BCUT2D eigenvalue weighted by Gasteiger charge is -2.19. The topological polar surface area (TPSA) is 33.7 Å². The molecule has 1 rings (SSSR count). The van der Waals surface area contributed by atoms with Crippen molar-refractivity contribution in [2.45, 2.75) is 27.3 Å². The largest absolute Gasteiger partial charge is 0.493 e. The van der Waals surface area contributed by atoms with Crippen LogP contribution in [-0.2, 0) is 6.54 Å². The number of nitrogens with one attached hydrogen (secondary N) is 1. The van der Waals surface area contributed by atoms with Crippen molar-refractivity contribution in [2.75, 3.05) is 39.9 Å². The fourth-order valence-electron chi connectivity index (χ4n) is 2.17. The molecule has 0 aliphatic heterocycles. The SMILES string of the molecule is CCOc1c(CNCCN(CC)CC)cccc1OC.Cl.Cl. The first-order valence-corrected chi connectivity index (χ1v) is 7.48. The summed E-state index contributed by atoms with van der Waals surface area (Å²) in [7, 11) is 1.68. The van der Waals surface area contributed by atoms with E-state index in [1.165, 1.54) is 0 Å². The van der Waals surface area contributed by atoms with Gasteiger partial charge in [-0.15, -0.1) is 24.8 Å². The van der Waals surface area contributed by atoms with E-state index >= 15 is 0 Å². The van der Waals surface area contributed by atoms with Crippen LogP contribution in [0, 0.1) is 0 Å². The van der Waals surface area contributed by atoms with E-state index in [-0.39, 0.29) is 24.8 Å². The maximum Gasteiger partial charge on any atom is 0.165 e.